The zero-order chi connectivity index (χ0) is 12.8. The molecule has 1 heterocycles. The first kappa shape index (κ1) is 11.9. The van der Waals surface area contributed by atoms with Gasteiger partial charge in [-0.25, -0.2) is 9.37 Å². The van der Waals surface area contributed by atoms with Gasteiger partial charge in [0, 0.05) is 6.54 Å². The molecule has 1 aromatic heterocycles. The van der Waals surface area contributed by atoms with Crippen LogP contribution in [-0.4, -0.2) is 17.4 Å². The van der Waals surface area contributed by atoms with E-state index in [-0.39, 0.29) is 16.6 Å². The van der Waals surface area contributed by atoms with Gasteiger partial charge < -0.3 is 5.32 Å². The number of carbonyl (C=O) groups excluding carboxylic acids is 1. The van der Waals surface area contributed by atoms with Crippen molar-refractivity contribution in [1.82, 2.24) is 10.3 Å². The molecular formula is C13H14ClFN2O. The Kier molecular flexibility index (Phi) is 2.77. The van der Waals surface area contributed by atoms with E-state index in [9.17, 15) is 9.18 Å². The van der Waals surface area contributed by atoms with Crippen LogP contribution in [0, 0.1) is 17.2 Å². The highest BCUT2D eigenvalue weighted by atomic mass is 35.5. The highest BCUT2D eigenvalue weighted by molar-refractivity contribution is 6.32. The van der Waals surface area contributed by atoms with Crippen LogP contribution >= 0.6 is 11.6 Å². The van der Waals surface area contributed by atoms with Gasteiger partial charge in [0.15, 0.2) is 0 Å². The number of carbonyl (C=O) groups is 1. The lowest BCUT2D eigenvalue weighted by Crippen LogP contribution is -2.31. The number of nitrogens with zero attached hydrogens (tertiary/aromatic N) is 1. The third-order valence-electron chi connectivity index (χ3n) is 3.99. The molecule has 1 amide bonds. The predicted molar refractivity (Wildman–Crippen MR) is 65.9 cm³/mol. The summed E-state index contributed by atoms with van der Waals surface area (Å²) in [5.74, 6) is -0.106. The minimum absolute atomic E-state index is 0.0465. The normalized spacial score (nSPS) is 20.6. The van der Waals surface area contributed by atoms with E-state index >= 15 is 0 Å². The lowest BCUT2D eigenvalue weighted by atomic mass is 10.0. The molecule has 2 aliphatic carbocycles. The Hall–Kier alpha value is -1.16. The van der Waals surface area contributed by atoms with E-state index in [1.807, 2.05) is 0 Å². The van der Waals surface area contributed by atoms with E-state index in [0.717, 1.165) is 18.2 Å². The number of hydrogen-bond donors (Lipinski definition) is 1. The molecule has 0 aromatic carbocycles. The van der Waals surface area contributed by atoms with E-state index < -0.39 is 5.82 Å². The van der Waals surface area contributed by atoms with Crippen LogP contribution in [0.5, 0.6) is 0 Å². The Morgan fingerprint density at radius 2 is 2.28 bits per heavy atom. The van der Waals surface area contributed by atoms with E-state index in [1.54, 1.807) is 0 Å². The second kappa shape index (κ2) is 4.19. The molecular weight excluding hydrogens is 255 g/mol. The topological polar surface area (TPSA) is 42.0 Å². The van der Waals surface area contributed by atoms with Crippen molar-refractivity contribution >= 4 is 17.5 Å². The van der Waals surface area contributed by atoms with Gasteiger partial charge in [-0.3, -0.25) is 4.79 Å². The van der Waals surface area contributed by atoms with Crippen molar-refractivity contribution in [2.45, 2.75) is 25.7 Å². The first-order valence-electron chi connectivity index (χ1n) is 6.20. The summed E-state index contributed by atoms with van der Waals surface area (Å²) >= 11 is 5.79. The summed E-state index contributed by atoms with van der Waals surface area (Å²) in [6, 6.07) is 1.13. The van der Waals surface area contributed by atoms with E-state index in [2.05, 4.69) is 10.3 Å². The van der Waals surface area contributed by atoms with Crippen LogP contribution in [-0.2, 0) is 0 Å². The van der Waals surface area contributed by atoms with Crippen molar-refractivity contribution in [3.05, 3.63) is 28.8 Å². The maximum Gasteiger partial charge on any atom is 0.254 e. The average Bonchev–Trinajstić information content (AvgIpc) is 3.21. The maximum absolute atomic E-state index is 13.0. The second-order valence-corrected chi connectivity index (χ2v) is 5.67. The fourth-order valence-electron chi connectivity index (χ4n) is 2.52. The van der Waals surface area contributed by atoms with Crippen LogP contribution in [0.1, 0.15) is 36.0 Å². The van der Waals surface area contributed by atoms with Crippen LogP contribution in [0.15, 0.2) is 12.3 Å². The largest absolute Gasteiger partial charge is 0.351 e. The summed E-state index contributed by atoms with van der Waals surface area (Å²) in [6.07, 6.45) is 5.93. The number of nitrogens with one attached hydrogen (secondary N) is 1. The van der Waals surface area contributed by atoms with Gasteiger partial charge in [-0.15, -0.1) is 0 Å². The van der Waals surface area contributed by atoms with Gasteiger partial charge in [-0.05, 0) is 43.1 Å². The summed E-state index contributed by atoms with van der Waals surface area (Å²) in [5.41, 5.74) is 0.436. The molecule has 18 heavy (non-hydrogen) atoms. The molecule has 5 heteroatoms. The summed E-state index contributed by atoms with van der Waals surface area (Å²) in [5, 5.41) is 2.91. The molecule has 0 atom stereocenters. The summed E-state index contributed by atoms with van der Waals surface area (Å²) < 4.78 is 13.0. The number of amides is 1. The number of aromatic nitrogens is 1. The van der Waals surface area contributed by atoms with Gasteiger partial charge in [0.1, 0.15) is 11.0 Å². The Bertz CT molecular complexity index is 498. The van der Waals surface area contributed by atoms with Crippen LogP contribution in [0.2, 0.25) is 5.15 Å². The Morgan fingerprint density at radius 3 is 2.89 bits per heavy atom. The molecule has 0 saturated heterocycles. The van der Waals surface area contributed by atoms with E-state index in [4.69, 9.17) is 11.6 Å². The fourth-order valence-corrected chi connectivity index (χ4v) is 2.71. The molecule has 0 unspecified atom stereocenters. The molecule has 3 nitrogen and oxygen atoms in total. The zero-order valence-corrected chi connectivity index (χ0v) is 10.6. The number of halogens is 2. The van der Waals surface area contributed by atoms with Crippen molar-refractivity contribution in [3.63, 3.8) is 0 Å². The van der Waals surface area contributed by atoms with Crippen molar-refractivity contribution in [2.24, 2.45) is 11.3 Å². The number of hydrogen-bond acceptors (Lipinski definition) is 2. The van der Waals surface area contributed by atoms with Crippen LogP contribution < -0.4 is 5.32 Å². The number of pyridine rings is 1. The molecule has 0 bridgehead atoms. The lowest BCUT2D eigenvalue weighted by Gasteiger charge is -2.15. The standard InChI is InChI=1S/C13H14ClFN2O/c14-11-10(5-9(15)6-16-11)12(18)17-7-13(3-4-13)8-1-2-8/h5-6,8H,1-4,7H2,(H,17,18). The summed E-state index contributed by atoms with van der Waals surface area (Å²) in [7, 11) is 0. The second-order valence-electron chi connectivity index (χ2n) is 5.31. The first-order chi connectivity index (χ1) is 8.61. The third-order valence-corrected chi connectivity index (χ3v) is 4.29. The Morgan fingerprint density at radius 1 is 1.56 bits per heavy atom. The first-order valence-corrected chi connectivity index (χ1v) is 6.58. The zero-order valence-electron chi connectivity index (χ0n) is 9.88. The molecule has 1 aromatic rings. The third kappa shape index (κ3) is 2.21. The molecule has 96 valence electrons. The fraction of sp³-hybridized carbons (Fsp3) is 0.538. The van der Waals surface area contributed by atoms with Crippen LogP contribution in [0.4, 0.5) is 4.39 Å². The minimum atomic E-state index is -0.548. The molecule has 0 radical (unpaired) electrons. The molecule has 2 fully saturated rings. The van der Waals surface area contributed by atoms with Crippen molar-refractivity contribution in [2.75, 3.05) is 6.54 Å². The van der Waals surface area contributed by atoms with E-state index in [1.165, 1.54) is 25.7 Å². The molecule has 1 N–H and O–H groups in total. The van der Waals surface area contributed by atoms with Gasteiger partial charge in [0.2, 0.25) is 0 Å². The van der Waals surface area contributed by atoms with Gasteiger partial charge in [-0.2, -0.15) is 0 Å². The maximum atomic E-state index is 13.0. The molecule has 0 spiro atoms. The molecule has 3 rings (SSSR count). The lowest BCUT2D eigenvalue weighted by molar-refractivity contribution is 0.0942. The van der Waals surface area contributed by atoms with Crippen molar-refractivity contribution in [3.8, 4) is 0 Å². The van der Waals surface area contributed by atoms with Gasteiger partial charge in [0.05, 0.1) is 11.8 Å². The smallest absolute Gasteiger partial charge is 0.254 e. The van der Waals surface area contributed by atoms with Crippen molar-refractivity contribution in [1.29, 1.82) is 0 Å². The minimum Gasteiger partial charge on any atom is -0.351 e. The highest BCUT2D eigenvalue weighted by Crippen LogP contribution is 2.60. The summed E-state index contributed by atoms with van der Waals surface area (Å²) in [4.78, 5) is 15.6. The molecule has 0 aliphatic heterocycles. The quantitative estimate of drug-likeness (QED) is 0.853. The van der Waals surface area contributed by atoms with Gasteiger partial charge in [0.25, 0.3) is 5.91 Å². The number of rotatable bonds is 4. The Labute approximate surface area is 110 Å². The van der Waals surface area contributed by atoms with Crippen LogP contribution in [0.3, 0.4) is 0 Å². The van der Waals surface area contributed by atoms with Crippen molar-refractivity contribution < 1.29 is 9.18 Å². The average molecular weight is 269 g/mol. The summed E-state index contributed by atoms with van der Waals surface area (Å²) in [6.45, 7) is 0.670. The monoisotopic (exact) mass is 268 g/mol. The molecule has 2 aliphatic rings. The van der Waals surface area contributed by atoms with Crippen LogP contribution in [0.25, 0.3) is 0 Å². The Balaban J connectivity index is 1.65. The highest BCUT2D eigenvalue weighted by Gasteiger charge is 2.53. The predicted octanol–water partition coefficient (Wildman–Crippen LogP) is 2.79. The van der Waals surface area contributed by atoms with Gasteiger partial charge in [-0.1, -0.05) is 11.6 Å². The SMILES string of the molecule is O=C(NCC1(C2CC2)CC1)c1cc(F)cnc1Cl. The van der Waals surface area contributed by atoms with Gasteiger partial charge >= 0.3 is 0 Å². The van der Waals surface area contributed by atoms with E-state index in [0.29, 0.717) is 12.0 Å². The molecule has 2 saturated carbocycles.